The van der Waals surface area contributed by atoms with Gasteiger partial charge >= 0.3 is 0 Å². The number of aromatic hydroxyl groups is 1. The van der Waals surface area contributed by atoms with Gasteiger partial charge in [-0.3, -0.25) is 4.79 Å². The molecule has 0 spiro atoms. The van der Waals surface area contributed by atoms with E-state index in [2.05, 4.69) is 10.3 Å². The van der Waals surface area contributed by atoms with Gasteiger partial charge in [-0.2, -0.15) is 0 Å². The Morgan fingerprint density at radius 3 is 2.67 bits per heavy atom. The van der Waals surface area contributed by atoms with Crippen molar-refractivity contribution in [3.05, 3.63) is 40.4 Å². The van der Waals surface area contributed by atoms with Crippen molar-refractivity contribution < 1.29 is 9.90 Å². The van der Waals surface area contributed by atoms with E-state index in [9.17, 15) is 9.90 Å². The Labute approximate surface area is 127 Å². The number of anilines is 1. The monoisotopic (exact) mass is 305 g/mol. The van der Waals surface area contributed by atoms with Crippen molar-refractivity contribution >= 4 is 22.4 Å². The number of rotatable bonds is 5. The number of nitrogens with zero attached hydrogens (tertiary/aromatic N) is 1. The lowest BCUT2D eigenvalue weighted by Gasteiger charge is -2.10. The smallest absolute Gasteiger partial charge is 0.243 e. The summed E-state index contributed by atoms with van der Waals surface area (Å²) in [6, 6.07) is 6.02. The van der Waals surface area contributed by atoms with Crippen LogP contribution >= 0.6 is 11.3 Å². The lowest BCUT2D eigenvalue weighted by atomic mass is 10.1. The number of phenolic OH excluding ortho intramolecular Hbond substituents is 1. The van der Waals surface area contributed by atoms with Crippen LogP contribution in [0, 0.1) is 6.92 Å². The zero-order chi connectivity index (χ0) is 15.4. The van der Waals surface area contributed by atoms with E-state index < -0.39 is 6.04 Å². The minimum atomic E-state index is -0.649. The van der Waals surface area contributed by atoms with Crippen LogP contribution in [0.1, 0.15) is 23.1 Å². The first kappa shape index (κ1) is 15.5. The Balaban J connectivity index is 1.97. The number of phenols is 1. The molecule has 21 heavy (non-hydrogen) atoms. The number of nitrogens with two attached hydrogens (primary N) is 1. The molecule has 0 radical (unpaired) electrons. The van der Waals surface area contributed by atoms with Crippen LogP contribution in [0.25, 0.3) is 0 Å². The van der Waals surface area contributed by atoms with E-state index in [1.54, 1.807) is 24.3 Å². The fourth-order valence-corrected chi connectivity index (χ4v) is 2.89. The number of aryl methyl sites for hydroxylation is 2. The van der Waals surface area contributed by atoms with E-state index in [1.807, 2.05) is 13.8 Å². The molecule has 1 heterocycles. The van der Waals surface area contributed by atoms with Crippen molar-refractivity contribution in [3.8, 4) is 5.75 Å². The maximum atomic E-state index is 12.1. The van der Waals surface area contributed by atoms with Gasteiger partial charge in [0.25, 0.3) is 0 Å². The molecule has 0 aliphatic carbocycles. The zero-order valence-corrected chi connectivity index (χ0v) is 12.9. The van der Waals surface area contributed by atoms with Crippen molar-refractivity contribution in [2.24, 2.45) is 5.73 Å². The van der Waals surface area contributed by atoms with E-state index in [1.165, 1.54) is 11.3 Å². The number of nitrogens with one attached hydrogen (secondary N) is 1. The van der Waals surface area contributed by atoms with Crippen LogP contribution in [-0.2, 0) is 17.6 Å². The molecule has 1 atom stereocenters. The van der Waals surface area contributed by atoms with Gasteiger partial charge in [0.2, 0.25) is 5.91 Å². The molecule has 0 aliphatic heterocycles. The second kappa shape index (κ2) is 6.69. The third kappa shape index (κ3) is 4.03. The summed E-state index contributed by atoms with van der Waals surface area (Å²) in [6.45, 7) is 4.02. The van der Waals surface area contributed by atoms with Crippen LogP contribution < -0.4 is 11.1 Å². The molecule has 4 N–H and O–H groups in total. The number of aromatic nitrogens is 1. The number of carbonyl (C=O) groups excluding carboxylic acids is 1. The third-order valence-corrected chi connectivity index (χ3v) is 4.11. The van der Waals surface area contributed by atoms with E-state index in [4.69, 9.17) is 5.73 Å². The Morgan fingerprint density at radius 1 is 1.43 bits per heavy atom. The highest BCUT2D eigenvalue weighted by Crippen LogP contribution is 2.22. The SMILES string of the molecule is CCc1nc(NC(=O)[C@H](N)Cc2ccc(O)cc2)sc1C. The highest BCUT2D eigenvalue weighted by molar-refractivity contribution is 7.15. The largest absolute Gasteiger partial charge is 0.508 e. The summed E-state index contributed by atoms with van der Waals surface area (Å²) in [5, 5.41) is 12.6. The van der Waals surface area contributed by atoms with Gasteiger partial charge in [0.05, 0.1) is 11.7 Å². The molecule has 5 nitrogen and oxygen atoms in total. The molecule has 0 unspecified atom stereocenters. The minimum absolute atomic E-state index is 0.196. The number of benzene rings is 1. The van der Waals surface area contributed by atoms with Crippen LogP contribution in [-0.4, -0.2) is 22.0 Å². The van der Waals surface area contributed by atoms with Gasteiger partial charge in [-0.1, -0.05) is 19.1 Å². The number of hydrogen-bond acceptors (Lipinski definition) is 5. The van der Waals surface area contributed by atoms with E-state index in [0.717, 1.165) is 22.6 Å². The maximum absolute atomic E-state index is 12.1. The Bertz CT molecular complexity index is 622. The van der Waals surface area contributed by atoms with Crippen LogP contribution in [0.4, 0.5) is 5.13 Å². The summed E-state index contributed by atoms with van der Waals surface area (Å²) < 4.78 is 0. The summed E-state index contributed by atoms with van der Waals surface area (Å²) in [5.41, 5.74) is 7.82. The predicted molar refractivity (Wildman–Crippen MR) is 84.6 cm³/mol. The Morgan fingerprint density at radius 2 is 2.10 bits per heavy atom. The van der Waals surface area contributed by atoms with Gasteiger partial charge in [0.15, 0.2) is 5.13 Å². The normalized spacial score (nSPS) is 12.1. The molecule has 2 rings (SSSR count). The number of thiazole rings is 1. The lowest BCUT2D eigenvalue weighted by Crippen LogP contribution is -2.37. The first-order valence-corrected chi connectivity index (χ1v) is 7.62. The number of amides is 1. The summed E-state index contributed by atoms with van der Waals surface area (Å²) in [6.07, 6.45) is 1.26. The molecule has 1 amide bonds. The van der Waals surface area contributed by atoms with E-state index in [-0.39, 0.29) is 11.7 Å². The topological polar surface area (TPSA) is 88.2 Å². The standard InChI is InChI=1S/C15H19N3O2S/c1-3-13-9(2)21-15(17-13)18-14(20)12(16)8-10-4-6-11(19)7-5-10/h4-7,12,19H,3,8,16H2,1-2H3,(H,17,18,20)/t12-/m1/s1. The summed E-state index contributed by atoms with van der Waals surface area (Å²) in [7, 11) is 0. The van der Waals surface area contributed by atoms with E-state index >= 15 is 0 Å². The second-order valence-corrected chi connectivity index (χ2v) is 6.04. The van der Waals surface area contributed by atoms with Crippen LogP contribution in [0.2, 0.25) is 0 Å². The van der Waals surface area contributed by atoms with Crippen LogP contribution in [0.5, 0.6) is 5.75 Å². The van der Waals surface area contributed by atoms with Crippen molar-refractivity contribution in [3.63, 3.8) is 0 Å². The Hall–Kier alpha value is -1.92. The second-order valence-electron chi connectivity index (χ2n) is 4.84. The average Bonchev–Trinajstić information content (AvgIpc) is 2.81. The minimum Gasteiger partial charge on any atom is -0.508 e. The lowest BCUT2D eigenvalue weighted by molar-refractivity contribution is -0.117. The van der Waals surface area contributed by atoms with Crippen LogP contribution in [0.15, 0.2) is 24.3 Å². The number of hydrogen-bond donors (Lipinski definition) is 3. The van der Waals surface area contributed by atoms with E-state index in [0.29, 0.717) is 11.6 Å². The van der Waals surface area contributed by atoms with Gasteiger partial charge in [0.1, 0.15) is 5.75 Å². The first-order chi connectivity index (χ1) is 9.99. The molecule has 0 saturated carbocycles. The zero-order valence-electron chi connectivity index (χ0n) is 12.1. The molecule has 112 valence electrons. The van der Waals surface area contributed by atoms with Crippen molar-refractivity contribution in [2.75, 3.05) is 5.32 Å². The molecule has 1 aromatic carbocycles. The highest BCUT2D eigenvalue weighted by atomic mass is 32.1. The molecular weight excluding hydrogens is 286 g/mol. The van der Waals surface area contributed by atoms with Gasteiger partial charge in [-0.25, -0.2) is 4.98 Å². The first-order valence-electron chi connectivity index (χ1n) is 6.80. The third-order valence-electron chi connectivity index (χ3n) is 3.19. The molecular formula is C15H19N3O2S. The fourth-order valence-electron chi connectivity index (χ4n) is 1.99. The van der Waals surface area contributed by atoms with Crippen molar-refractivity contribution in [2.45, 2.75) is 32.7 Å². The highest BCUT2D eigenvalue weighted by Gasteiger charge is 2.16. The Kier molecular flexibility index (Phi) is 4.93. The molecule has 6 heteroatoms. The molecule has 0 saturated heterocycles. The predicted octanol–water partition coefficient (Wildman–Crippen LogP) is 2.23. The summed E-state index contributed by atoms with van der Waals surface area (Å²) >= 11 is 1.46. The molecule has 1 aromatic heterocycles. The number of carbonyl (C=O) groups is 1. The maximum Gasteiger partial charge on any atom is 0.243 e. The van der Waals surface area contributed by atoms with Gasteiger partial charge in [0, 0.05) is 4.88 Å². The average molecular weight is 305 g/mol. The molecule has 0 aliphatic rings. The van der Waals surface area contributed by atoms with Crippen LogP contribution in [0.3, 0.4) is 0 Å². The van der Waals surface area contributed by atoms with Gasteiger partial charge < -0.3 is 16.2 Å². The molecule has 0 bridgehead atoms. The quantitative estimate of drug-likeness (QED) is 0.790. The van der Waals surface area contributed by atoms with Crippen molar-refractivity contribution in [1.82, 2.24) is 4.98 Å². The van der Waals surface area contributed by atoms with Gasteiger partial charge in [-0.05, 0) is 37.5 Å². The fraction of sp³-hybridized carbons (Fsp3) is 0.333. The summed E-state index contributed by atoms with van der Waals surface area (Å²) in [5.74, 6) is -0.0541. The molecule has 2 aromatic rings. The van der Waals surface area contributed by atoms with Gasteiger partial charge in [-0.15, -0.1) is 11.3 Å². The molecule has 0 fully saturated rings. The summed E-state index contributed by atoms with van der Waals surface area (Å²) in [4.78, 5) is 17.6. The van der Waals surface area contributed by atoms with Crippen molar-refractivity contribution in [1.29, 1.82) is 0 Å².